The molecule has 1 aromatic heterocycles. The van der Waals surface area contributed by atoms with E-state index < -0.39 is 0 Å². The predicted octanol–water partition coefficient (Wildman–Crippen LogP) is 3.97. The van der Waals surface area contributed by atoms with E-state index in [1.165, 1.54) is 11.8 Å². The standard InChI is InChI=1S/C25H30N4O4S/c1-16(2)28(17(3)4)11-12-29-24(31)19-7-5-6-8-20(19)27-25(29)34-14-23(30)26-18-9-10-21-22(13-18)33-15-32-21/h5-10,13,16-17H,11-12,14-15H2,1-4H3,(H,26,30). The highest BCUT2D eigenvalue weighted by molar-refractivity contribution is 7.99. The number of thioether (sulfide) groups is 1. The third kappa shape index (κ3) is 5.37. The zero-order chi connectivity index (χ0) is 24.2. The summed E-state index contributed by atoms with van der Waals surface area (Å²) >= 11 is 1.26. The van der Waals surface area contributed by atoms with E-state index in [1.807, 2.05) is 18.2 Å². The maximum absolute atomic E-state index is 13.3. The van der Waals surface area contributed by atoms with Gasteiger partial charge in [-0.3, -0.25) is 19.1 Å². The Balaban J connectivity index is 1.52. The Labute approximate surface area is 203 Å². The minimum Gasteiger partial charge on any atom is -0.454 e. The summed E-state index contributed by atoms with van der Waals surface area (Å²) in [5.41, 5.74) is 1.17. The van der Waals surface area contributed by atoms with Crippen molar-refractivity contribution in [2.75, 3.05) is 24.4 Å². The number of fused-ring (bicyclic) bond motifs is 2. The summed E-state index contributed by atoms with van der Waals surface area (Å²) in [6.07, 6.45) is 0. The zero-order valence-electron chi connectivity index (χ0n) is 19.9. The third-order valence-electron chi connectivity index (χ3n) is 5.72. The molecule has 2 heterocycles. The SMILES string of the molecule is CC(C)N(CCn1c(SCC(=O)Nc2ccc3c(c2)OCO3)nc2ccccc2c1=O)C(C)C. The maximum Gasteiger partial charge on any atom is 0.262 e. The van der Waals surface area contributed by atoms with Gasteiger partial charge in [-0.1, -0.05) is 23.9 Å². The van der Waals surface area contributed by atoms with Crippen molar-refractivity contribution in [3.63, 3.8) is 0 Å². The molecule has 0 radical (unpaired) electrons. The first-order chi connectivity index (χ1) is 16.3. The molecule has 0 bridgehead atoms. The summed E-state index contributed by atoms with van der Waals surface area (Å²) in [4.78, 5) is 33.0. The fourth-order valence-electron chi connectivity index (χ4n) is 4.08. The van der Waals surface area contributed by atoms with E-state index in [1.54, 1.807) is 28.8 Å². The molecule has 34 heavy (non-hydrogen) atoms. The summed E-state index contributed by atoms with van der Waals surface area (Å²) < 4.78 is 12.4. The lowest BCUT2D eigenvalue weighted by atomic mass is 10.2. The van der Waals surface area contributed by atoms with Gasteiger partial charge >= 0.3 is 0 Å². The lowest BCUT2D eigenvalue weighted by molar-refractivity contribution is -0.113. The number of aromatic nitrogens is 2. The third-order valence-corrected chi connectivity index (χ3v) is 6.70. The van der Waals surface area contributed by atoms with Crippen LogP contribution in [-0.2, 0) is 11.3 Å². The van der Waals surface area contributed by atoms with Crippen molar-refractivity contribution in [3.8, 4) is 11.5 Å². The number of carbonyl (C=O) groups excluding carboxylic acids is 1. The van der Waals surface area contributed by atoms with Gasteiger partial charge in [0.2, 0.25) is 12.7 Å². The second-order valence-electron chi connectivity index (χ2n) is 8.70. The molecule has 0 spiro atoms. The number of benzene rings is 2. The lowest BCUT2D eigenvalue weighted by Crippen LogP contribution is -2.40. The van der Waals surface area contributed by atoms with Crippen molar-refractivity contribution >= 4 is 34.3 Å². The van der Waals surface area contributed by atoms with Crippen molar-refractivity contribution in [2.45, 2.75) is 51.5 Å². The quantitative estimate of drug-likeness (QED) is 0.365. The number of nitrogens with one attached hydrogen (secondary N) is 1. The van der Waals surface area contributed by atoms with E-state index in [-0.39, 0.29) is 24.0 Å². The second kappa shape index (κ2) is 10.5. The Kier molecular flexibility index (Phi) is 7.43. The van der Waals surface area contributed by atoms with Gasteiger partial charge in [-0.25, -0.2) is 4.98 Å². The van der Waals surface area contributed by atoms with Gasteiger partial charge in [-0.15, -0.1) is 0 Å². The van der Waals surface area contributed by atoms with Gasteiger partial charge in [-0.05, 0) is 52.0 Å². The number of nitrogens with zero attached hydrogens (tertiary/aromatic N) is 3. The monoisotopic (exact) mass is 482 g/mol. The molecule has 0 saturated carbocycles. The van der Waals surface area contributed by atoms with Crippen molar-refractivity contribution in [1.82, 2.24) is 14.5 Å². The molecule has 0 fully saturated rings. The molecule has 9 heteroatoms. The maximum atomic E-state index is 13.3. The van der Waals surface area contributed by atoms with E-state index in [0.717, 1.165) is 0 Å². The number of amides is 1. The molecular weight excluding hydrogens is 452 g/mol. The fraction of sp³-hybridized carbons (Fsp3) is 0.400. The number of ether oxygens (including phenoxy) is 2. The Morgan fingerprint density at radius 2 is 1.85 bits per heavy atom. The van der Waals surface area contributed by atoms with E-state index in [4.69, 9.17) is 14.5 Å². The molecule has 4 rings (SSSR count). The van der Waals surface area contributed by atoms with Gasteiger partial charge in [-0.2, -0.15) is 0 Å². The number of anilines is 1. The largest absolute Gasteiger partial charge is 0.454 e. The van der Waals surface area contributed by atoms with Gasteiger partial charge in [0.1, 0.15) is 0 Å². The molecule has 180 valence electrons. The summed E-state index contributed by atoms with van der Waals surface area (Å²) in [6.45, 7) is 9.99. The Morgan fingerprint density at radius 3 is 2.62 bits per heavy atom. The van der Waals surface area contributed by atoms with Crippen LogP contribution in [0.25, 0.3) is 10.9 Å². The van der Waals surface area contributed by atoms with Gasteiger partial charge in [0.05, 0.1) is 16.7 Å². The Hall–Kier alpha value is -3.04. The first kappa shape index (κ1) is 24.1. The van der Waals surface area contributed by atoms with Crippen molar-refractivity contribution < 1.29 is 14.3 Å². The summed E-state index contributed by atoms with van der Waals surface area (Å²) in [5.74, 6) is 1.20. The van der Waals surface area contributed by atoms with Gasteiger partial charge in [0.25, 0.3) is 5.56 Å². The highest BCUT2D eigenvalue weighted by Crippen LogP contribution is 2.34. The molecule has 0 saturated heterocycles. The highest BCUT2D eigenvalue weighted by atomic mass is 32.2. The normalized spacial score (nSPS) is 12.8. The number of hydrogen-bond acceptors (Lipinski definition) is 7. The van der Waals surface area contributed by atoms with E-state index in [9.17, 15) is 9.59 Å². The van der Waals surface area contributed by atoms with Gasteiger partial charge in [0.15, 0.2) is 16.7 Å². The molecule has 1 aliphatic rings. The predicted molar refractivity (Wildman–Crippen MR) is 135 cm³/mol. The number of para-hydroxylation sites is 1. The first-order valence-electron chi connectivity index (χ1n) is 11.4. The zero-order valence-corrected chi connectivity index (χ0v) is 20.7. The molecule has 0 aliphatic carbocycles. The minimum absolute atomic E-state index is 0.0864. The van der Waals surface area contributed by atoms with Crippen LogP contribution in [0.4, 0.5) is 5.69 Å². The molecule has 3 aromatic rings. The van der Waals surface area contributed by atoms with Crippen LogP contribution >= 0.6 is 11.8 Å². The number of carbonyl (C=O) groups is 1. The molecular formula is C25H30N4O4S. The van der Waals surface area contributed by atoms with Gasteiger partial charge in [0, 0.05) is 36.9 Å². The molecule has 1 N–H and O–H groups in total. The van der Waals surface area contributed by atoms with Crippen LogP contribution in [0, 0.1) is 0 Å². The average molecular weight is 483 g/mol. The van der Waals surface area contributed by atoms with Crippen LogP contribution in [0.15, 0.2) is 52.4 Å². The molecule has 8 nitrogen and oxygen atoms in total. The van der Waals surface area contributed by atoms with Crippen molar-refractivity contribution in [2.24, 2.45) is 0 Å². The molecule has 0 atom stereocenters. The van der Waals surface area contributed by atoms with Crippen LogP contribution in [-0.4, -0.2) is 51.5 Å². The topological polar surface area (TPSA) is 85.7 Å². The molecule has 2 aromatic carbocycles. The second-order valence-corrected chi connectivity index (χ2v) is 9.64. The molecule has 0 unspecified atom stereocenters. The van der Waals surface area contributed by atoms with Crippen LogP contribution in [0.2, 0.25) is 0 Å². The Morgan fingerprint density at radius 1 is 1.12 bits per heavy atom. The minimum atomic E-state index is -0.191. The van der Waals surface area contributed by atoms with Crippen LogP contribution in [0.3, 0.4) is 0 Å². The summed E-state index contributed by atoms with van der Waals surface area (Å²) in [5, 5.41) is 3.99. The summed E-state index contributed by atoms with van der Waals surface area (Å²) in [7, 11) is 0. The lowest BCUT2D eigenvalue weighted by Gasteiger charge is -2.30. The van der Waals surface area contributed by atoms with E-state index in [0.29, 0.717) is 58.4 Å². The van der Waals surface area contributed by atoms with Crippen LogP contribution in [0.5, 0.6) is 11.5 Å². The molecule has 1 aliphatic heterocycles. The van der Waals surface area contributed by atoms with Crippen LogP contribution < -0.4 is 20.3 Å². The average Bonchev–Trinajstić information content (AvgIpc) is 3.27. The Bertz CT molecular complexity index is 1230. The van der Waals surface area contributed by atoms with Crippen LogP contribution in [0.1, 0.15) is 27.7 Å². The van der Waals surface area contributed by atoms with Gasteiger partial charge < -0.3 is 14.8 Å². The van der Waals surface area contributed by atoms with Crippen molar-refractivity contribution in [3.05, 3.63) is 52.8 Å². The van der Waals surface area contributed by atoms with Crippen molar-refractivity contribution in [1.29, 1.82) is 0 Å². The molecule has 1 amide bonds. The fourth-order valence-corrected chi connectivity index (χ4v) is 4.91. The number of hydrogen-bond donors (Lipinski definition) is 1. The first-order valence-corrected chi connectivity index (χ1v) is 12.4. The number of rotatable bonds is 9. The van der Waals surface area contributed by atoms with E-state index >= 15 is 0 Å². The van der Waals surface area contributed by atoms with E-state index in [2.05, 4.69) is 37.9 Å². The summed E-state index contributed by atoms with van der Waals surface area (Å²) in [6, 6.07) is 13.3. The highest BCUT2D eigenvalue weighted by Gasteiger charge is 2.18. The smallest absolute Gasteiger partial charge is 0.262 e.